The van der Waals surface area contributed by atoms with Crippen molar-refractivity contribution in [2.24, 2.45) is 5.92 Å². The SMILES string of the molecule is CCN(CCO)C(=O)C(C)OC1CCCC(C)C1. The van der Waals surface area contributed by atoms with E-state index in [2.05, 4.69) is 6.92 Å². The monoisotopic (exact) mass is 257 g/mol. The van der Waals surface area contributed by atoms with Gasteiger partial charge in [0.05, 0.1) is 12.7 Å². The predicted molar refractivity (Wildman–Crippen MR) is 71.3 cm³/mol. The lowest BCUT2D eigenvalue weighted by atomic mass is 9.88. The molecule has 0 aromatic heterocycles. The van der Waals surface area contributed by atoms with Gasteiger partial charge in [0.25, 0.3) is 5.91 Å². The van der Waals surface area contributed by atoms with Gasteiger partial charge in [-0.25, -0.2) is 0 Å². The van der Waals surface area contributed by atoms with Gasteiger partial charge in [0.2, 0.25) is 0 Å². The summed E-state index contributed by atoms with van der Waals surface area (Å²) in [6, 6.07) is 0. The highest BCUT2D eigenvalue weighted by atomic mass is 16.5. The Morgan fingerprint density at radius 2 is 2.22 bits per heavy atom. The van der Waals surface area contributed by atoms with Crippen LogP contribution in [0.25, 0.3) is 0 Å². The van der Waals surface area contributed by atoms with Gasteiger partial charge in [0.15, 0.2) is 0 Å². The number of aliphatic hydroxyl groups is 1. The van der Waals surface area contributed by atoms with E-state index in [0.29, 0.717) is 19.0 Å². The van der Waals surface area contributed by atoms with E-state index in [0.717, 1.165) is 12.8 Å². The van der Waals surface area contributed by atoms with E-state index in [1.54, 1.807) is 4.90 Å². The van der Waals surface area contributed by atoms with Gasteiger partial charge in [0.1, 0.15) is 6.10 Å². The number of rotatable bonds is 6. The van der Waals surface area contributed by atoms with E-state index in [9.17, 15) is 4.79 Å². The molecule has 1 saturated carbocycles. The van der Waals surface area contributed by atoms with Crippen molar-refractivity contribution in [2.75, 3.05) is 19.7 Å². The summed E-state index contributed by atoms with van der Waals surface area (Å²) in [7, 11) is 0. The molecule has 0 aromatic carbocycles. The van der Waals surface area contributed by atoms with Crippen molar-refractivity contribution >= 4 is 5.91 Å². The molecule has 1 aliphatic rings. The maximum Gasteiger partial charge on any atom is 0.251 e. The Kier molecular flexibility index (Phi) is 6.65. The van der Waals surface area contributed by atoms with Crippen LogP contribution in [-0.2, 0) is 9.53 Å². The van der Waals surface area contributed by atoms with Crippen LogP contribution in [0.1, 0.15) is 46.5 Å². The standard InChI is InChI=1S/C14H27NO3/c1-4-15(8-9-16)14(17)12(3)18-13-7-5-6-11(2)10-13/h11-13,16H,4-10H2,1-3H3. The summed E-state index contributed by atoms with van der Waals surface area (Å²) in [5.41, 5.74) is 0. The van der Waals surface area contributed by atoms with Crippen molar-refractivity contribution < 1.29 is 14.6 Å². The minimum atomic E-state index is -0.396. The van der Waals surface area contributed by atoms with Crippen LogP contribution in [0.5, 0.6) is 0 Å². The second-order valence-electron chi connectivity index (χ2n) is 5.31. The second-order valence-corrected chi connectivity index (χ2v) is 5.31. The van der Waals surface area contributed by atoms with Gasteiger partial charge in [-0.05, 0) is 32.6 Å². The molecule has 4 nitrogen and oxygen atoms in total. The number of hydrogen-bond donors (Lipinski definition) is 1. The average molecular weight is 257 g/mol. The quantitative estimate of drug-likeness (QED) is 0.789. The van der Waals surface area contributed by atoms with Gasteiger partial charge in [-0.1, -0.05) is 19.8 Å². The van der Waals surface area contributed by atoms with E-state index in [1.165, 1.54) is 12.8 Å². The van der Waals surface area contributed by atoms with Crippen molar-refractivity contribution in [3.8, 4) is 0 Å². The first kappa shape index (κ1) is 15.4. The molecule has 1 rings (SSSR count). The van der Waals surface area contributed by atoms with Gasteiger partial charge >= 0.3 is 0 Å². The Labute approximate surface area is 110 Å². The van der Waals surface area contributed by atoms with Crippen LogP contribution in [-0.4, -0.2) is 47.8 Å². The molecule has 0 aliphatic heterocycles. The summed E-state index contributed by atoms with van der Waals surface area (Å²) in [4.78, 5) is 13.8. The van der Waals surface area contributed by atoms with Crippen LogP contribution in [0.2, 0.25) is 0 Å². The Hall–Kier alpha value is -0.610. The molecule has 4 heteroatoms. The minimum Gasteiger partial charge on any atom is -0.395 e. The Morgan fingerprint density at radius 3 is 2.78 bits per heavy atom. The van der Waals surface area contributed by atoms with Gasteiger partial charge in [0, 0.05) is 13.1 Å². The van der Waals surface area contributed by atoms with E-state index < -0.39 is 6.10 Å². The van der Waals surface area contributed by atoms with Gasteiger partial charge in [-0.15, -0.1) is 0 Å². The molecule has 3 atom stereocenters. The molecule has 0 radical (unpaired) electrons. The number of ether oxygens (including phenoxy) is 1. The molecule has 1 amide bonds. The topological polar surface area (TPSA) is 49.8 Å². The van der Waals surface area contributed by atoms with Crippen LogP contribution < -0.4 is 0 Å². The third-order valence-electron chi connectivity index (χ3n) is 3.70. The normalized spacial score (nSPS) is 25.8. The fraction of sp³-hybridized carbons (Fsp3) is 0.929. The maximum absolute atomic E-state index is 12.1. The largest absolute Gasteiger partial charge is 0.395 e. The zero-order valence-electron chi connectivity index (χ0n) is 11.9. The molecule has 0 bridgehead atoms. The third-order valence-corrected chi connectivity index (χ3v) is 3.70. The molecule has 1 fully saturated rings. The van der Waals surface area contributed by atoms with Gasteiger partial charge < -0.3 is 14.7 Å². The first-order valence-corrected chi connectivity index (χ1v) is 7.13. The lowest BCUT2D eigenvalue weighted by Crippen LogP contribution is -2.42. The highest BCUT2D eigenvalue weighted by Gasteiger charge is 2.26. The Morgan fingerprint density at radius 1 is 1.50 bits per heavy atom. The smallest absolute Gasteiger partial charge is 0.251 e. The van der Waals surface area contributed by atoms with Gasteiger partial charge in [-0.2, -0.15) is 0 Å². The minimum absolute atomic E-state index is 0.00671. The average Bonchev–Trinajstić information content (AvgIpc) is 2.35. The summed E-state index contributed by atoms with van der Waals surface area (Å²) in [6.45, 7) is 7.00. The van der Waals surface area contributed by atoms with Crippen LogP contribution in [0, 0.1) is 5.92 Å². The molecule has 18 heavy (non-hydrogen) atoms. The lowest BCUT2D eigenvalue weighted by Gasteiger charge is -2.31. The van der Waals surface area contributed by atoms with Crippen LogP contribution in [0.4, 0.5) is 0 Å². The number of carbonyl (C=O) groups is 1. The zero-order valence-corrected chi connectivity index (χ0v) is 11.9. The number of hydrogen-bond acceptors (Lipinski definition) is 3. The van der Waals surface area contributed by atoms with Crippen LogP contribution in [0.3, 0.4) is 0 Å². The first-order chi connectivity index (χ1) is 8.58. The van der Waals surface area contributed by atoms with Crippen LogP contribution >= 0.6 is 0 Å². The molecular weight excluding hydrogens is 230 g/mol. The summed E-state index contributed by atoms with van der Waals surface area (Å²) in [5, 5.41) is 8.92. The van der Waals surface area contributed by atoms with E-state index in [-0.39, 0.29) is 18.6 Å². The highest BCUT2D eigenvalue weighted by molar-refractivity contribution is 5.80. The van der Waals surface area contributed by atoms with Crippen molar-refractivity contribution in [3.63, 3.8) is 0 Å². The summed E-state index contributed by atoms with van der Waals surface area (Å²) in [6.07, 6.45) is 4.42. The number of amides is 1. The summed E-state index contributed by atoms with van der Waals surface area (Å²) < 4.78 is 5.88. The highest BCUT2D eigenvalue weighted by Crippen LogP contribution is 2.26. The lowest BCUT2D eigenvalue weighted by molar-refractivity contribution is -0.148. The molecule has 0 saturated heterocycles. The first-order valence-electron chi connectivity index (χ1n) is 7.13. The number of nitrogens with zero attached hydrogens (tertiary/aromatic N) is 1. The summed E-state index contributed by atoms with van der Waals surface area (Å²) in [5.74, 6) is 0.690. The molecule has 0 aromatic rings. The van der Waals surface area contributed by atoms with Crippen molar-refractivity contribution in [1.29, 1.82) is 0 Å². The Balaban J connectivity index is 2.42. The second kappa shape index (κ2) is 7.74. The molecule has 0 spiro atoms. The Bertz CT molecular complexity index is 257. The van der Waals surface area contributed by atoms with E-state index in [1.807, 2.05) is 13.8 Å². The molecule has 0 heterocycles. The van der Waals surface area contributed by atoms with E-state index >= 15 is 0 Å². The zero-order chi connectivity index (χ0) is 13.5. The third kappa shape index (κ3) is 4.58. The van der Waals surface area contributed by atoms with Crippen molar-refractivity contribution in [2.45, 2.75) is 58.7 Å². The number of likely N-dealkylation sites (N-methyl/N-ethyl adjacent to an activating group) is 1. The van der Waals surface area contributed by atoms with Crippen molar-refractivity contribution in [1.82, 2.24) is 4.90 Å². The molecule has 106 valence electrons. The number of aliphatic hydroxyl groups excluding tert-OH is 1. The molecular formula is C14H27NO3. The maximum atomic E-state index is 12.1. The van der Waals surface area contributed by atoms with Crippen molar-refractivity contribution in [3.05, 3.63) is 0 Å². The number of carbonyl (C=O) groups excluding carboxylic acids is 1. The fourth-order valence-electron chi connectivity index (χ4n) is 2.65. The molecule has 1 aliphatic carbocycles. The van der Waals surface area contributed by atoms with Crippen LogP contribution in [0.15, 0.2) is 0 Å². The predicted octanol–water partition coefficient (Wildman–Crippen LogP) is 1.81. The van der Waals surface area contributed by atoms with Gasteiger partial charge in [-0.3, -0.25) is 4.79 Å². The molecule has 3 unspecified atom stereocenters. The molecule has 1 N–H and O–H groups in total. The fourth-order valence-corrected chi connectivity index (χ4v) is 2.65. The van der Waals surface area contributed by atoms with E-state index in [4.69, 9.17) is 9.84 Å². The summed E-state index contributed by atoms with van der Waals surface area (Å²) >= 11 is 0.